The van der Waals surface area contributed by atoms with Crippen LogP contribution in [0.5, 0.6) is 17.2 Å². The van der Waals surface area contributed by atoms with Crippen molar-refractivity contribution in [3.8, 4) is 17.2 Å². The molecule has 29 heavy (non-hydrogen) atoms. The number of amides is 1. The summed E-state index contributed by atoms with van der Waals surface area (Å²) in [6, 6.07) is 6.62. The summed E-state index contributed by atoms with van der Waals surface area (Å²) in [5.74, 6) is -0.839. The number of anilines is 1. The molecule has 0 aliphatic rings. The van der Waals surface area contributed by atoms with E-state index in [4.69, 9.17) is 18.9 Å². The van der Waals surface area contributed by atoms with Gasteiger partial charge in [-0.25, -0.2) is 4.79 Å². The maximum Gasteiger partial charge on any atom is 0.416 e. The summed E-state index contributed by atoms with van der Waals surface area (Å²) in [4.78, 5) is 24.2. The number of halogens is 3. The Hall–Kier alpha value is -3.43. The Morgan fingerprint density at radius 2 is 1.45 bits per heavy atom. The number of hydrogen-bond acceptors (Lipinski definition) is 6. The molecule has 156 valence electrons. The molecule has 0 aromatic heterocycles. The predicted octanol–water partition coefficient (Wildman–Crippen LogP) is 3.53. The molecule has 0 bridgehead atoms. The molecule has 0 unspecified atom stereocenters. The molecule has 0 radical (unpaired) electrons. The van der Waals surface area contributed by atoms with Gasteiger partial charge in [0.25, 0.3) is 5.91 Å². The molecule has 0 saturated carbocycles. The molecule has 10 heteroatoms. The van der Waals surface area contributed by atoms with E-state index in [1.807, 2.05) is 0 Å². The van der Waals surface area contributed by atoms with Gasteiger partial charge >= 0.3 is 12.1 Å². The number of alkyl halides is 3. The fourth-order valence-electron chi connectivity index (χ4n) is 2.34. The maximum atomic E-state index is 12.5. The van der Waals surface area contributed by atoms with E-state index in [-0.39, 0.29) is 22.7 Å². The van der Waals surface area contributed by atoms with Crippen LogP contribution >= 0.6 is 0 Å². The van der Waals surface area contributed by atoms with Crippen LogP contribution in [0, 0.1) is 0 Å². The number of esters is 1. The van der Waals surface area contributed by atoms with E-state index >= 15 is 0 Å². The molecule has 0 saturated heterocycles. The third-order valence-electron chi connectivity index (χ3n) is 3.76. The van der Waals surface area contributed by atoms with Crippen molar-refractivity contribution in [2.75, 3.05) is 33.3 Å². The van der Waals surface area contributed by atoms with Gasteiger partial charge < -0.3 is 24.3 Å². The standard InChI is InChI=1S/C19H18F3NO6/c1-26-14-9-16(28-3)15(27-2)8-13(14)18(25)29-10-17(24)23-12-6-4-11(5-7-12)19(20,21)22/h4-9H,10H2,1-3H3,(H,23,24). The van der Waals surface area contributed by atoms with Crippen LogP contribution < -0.4 is 19.5 Å². The van der Waals surface area contributed by atoms with Crippen LogP contribution in [0.15, 0.2) is 36.4 Å². The predicted molar refractivity (Wildman–Crippen MR) is 96.5 cm³/mol. The average molecular weight is 413 g/mol. The third kappa shape index (κ3) is 5.53. The van der Waals surface area contributed by atoms with E-state index in [1.54, 1.807) is 0 Å². The zero-order valence-corrected chi connectivity index (χ0v) is 15.8. The van der Waals surface area contributed by atoms with Crippen LogP contribution in [0.25, 0.3) is 0 Å². The van der Waals surface area contributed by atoms with Crippen molar-refractivity contribution in [1.82, 2.24) is 0 Å². The third-order valence-corrected chi connectivity index (χ3v) is 3.76. The molecule has 0 aliphatic heterocycles. The van der Waals surface area contributed by atoms with Gasteiger partial charge in [-0.1, -0.05) is 0 Å². The molecule has 0 atom stereocenters. The van der Waals surface area contributed by atoms with Crippen molar-refractivity contribution < 1.29 is 41.7 Å². The van der Waals surface area contributed by atoms with Gasteiger partial charge in [0.1, 0.15) is 11.3 Å². The Morgan fingerprint density at radius 1 is 0.897 bits per heavy atom. The quantitative estimate of drug-likeness (QED) is 0.700. The molecule has 2 aromatic carbocycles. The fourth-order valence-corrected chi connectivity index (χ4v) is 2.34. The summed E-state index contributed by atoms with van der Waals surface area (Å²) in [5, 5.41) is 2.34. The van der Waals surface area contributed by atoms with Gasteiger partial charge in [-0.05, 0) is 24.3 Å². The van der Waals surface area contributed by atoms with Crippen molar-refractivity contribution in [2.24, 2.45) is 0 Å². The number of ether oxygens (including phenoxy) is 4. The van der Waals surface area contributed by atoms with E-state index in [9.17, 15) is 22.8 Å². The first kappa shape index (κ1) is 21.9. The Kier molecular flexibility index (Phi) is 6.92. The van der Waals surface area contributed by atoms with Crippen molar-refractivity contribution in [2.45, 2.75) is 6.18 Å². The van der Waals surface area contributed by atoms with Crippen molar-refractivity contribution in [3.63, 3.8) is 0 Å². The van der Waals surface area contributed by atoms with E-state index < -0.39 is 30.2 Å². The van der Waals surface area contributed by atoms with Crippen LogP contribution in [0.2, 0.25) is 0 Å². The highest BCUT2D eigenvalue weighted by Crippen LogP contribution is 2.35. The smallest absolute Gasteiger partial charge is 0.416 e. The lowest BCUT2D eigenvalue weighted by Crippen LogP contribution is -2.21. The van der Waals surface area contributed by atoms with Crippen molar-refractivity contribution >= 4 is 17.6 Å². The number of nitrogens with one attached hydrogen (secondary N) is 1. The van der Waals surface area contributed by atoms with E-state index in [1.165, 1.54) is 33.5 Å². The highest BCUT2D eigenvalue weighted by atomic mass is 19.4. The minimum absolute atomic E-state index is 0.00693. The number of rotatable bonds is 7. The van der Waals surface area contributed by atoms with Gasteiger partial charge in [0, 0.05) is 17.8 Å². The lowest BCUT2D eigenvalue weighted by molar-refractivity contribution is -0.137. The van der Waals surface area contributed by atoms with Gasteiger partial charge in [-0.2, -0.15) is 13.2 Å². The summed E-state index contributed by atoms with van der Waals surface area (Å²) in [6.07, 6.45) is -4.48. The van der Waals surface area contributed by atoms with Crippen molar-refractivity contribution in [3.05, 3.63) is 47.5 Å². The topological polar surface area (TPSA) is 83.1 Å². The Labute approximate surface area is 164 Å². The van der Waals surface area contributed by atoms with Crippen LogP contribution in [0.3, 0.4) is 0 Å². The second-order valence-electron chi connectivity index (χ2n) is 5.61. The highest BCUT2D eigenvalue weighted by molar-refractivity contribution is 5.97. The lowest BCUT2D eigenvalue weighted by atomic mass is 10.1. The van der Waals surface area contributed by atoms with Gasteiger partial charge in [0.05, 0.1) is 26.9 Å². The fraction of sp³-hybridized carbons (Fsp3) is 0.263. The maximum absolute atomic E-state index is 12.5. The summed E-state index contributed by atoms with van der Waals surface area (Å²) in [7, 11) is 4.15. The molecule has 1 N–H and O–H groups in total. The monoisotopic (exact) mass is 413 g/mol. The van der Waals surface area contributed by atoms with E-state index in [0.29, 0.717) is 5.75 Å². The summed E-state index contributed by atoms with van der Waals surface area (Å²) >= 11 is 0. The molecular weight excluding hydrogens is 395 g/mol. The number of benzene rings is 2. The summed E-state index contributed by atoms with van der Waals surface area (Å²) in [6.45, 7) is -0.655. The van der Waals surface area contributed by atoms with Crippen LogP contribution in [-0.4, -0.2) is 39.8 Å². The Balaban J connectivity index is 2.02. The van der Waals surface area contributed by atoms with Gasteiger partial charge in [0.15, 0.2) is 18.1 Å². The van der Waals surface area contributed by atoms with Gasteiger partial charge in [-0.15, -0.1) is 0 Å². The first-order valence-electron chi connectivity index (χ1n) is 8.13. The molecular formula is C19H18F3NO6. The van der Waals surface area contributed by atoms with E-state index in [2.05, 4.69) is 5.32 Å². The number of carbonyl (C=O) groups is 2. The summed E-state index contributed by atoms with van der Waals surface area (Å²) < 4.78 is 57.9. The molecule has 0 spiro atoms. The highest BCUT2D eigenvalue weighted by Gasteiger charge is 2.30. The van der Waals surface area contributed by atoms with Gasteiger partial charge in [-0.3, -0.25) is 4.79 Å². The molecule has 7 nitrogen and oxygen atoms in total. The zero-order chi connectivity index (χ0) is 21.6. The van der Waals surface area contributed by atoms with Crippen LogP contribution in [0.4, 0.5) is 18.9 Å². The second-order valence-corrected chi connectivity index (χ2v) is 5.61. The van der Waals surface area contributed by atoms with Crippen molar-refractivity contribution in [1.29, 1.82) is 0 Å². The molecule has 0 heterocycles. The number of methoxy groups -OCH3 is 3. The summed E-state index contributed by atoms with van der Waals surface area (Å²) in [5.41, 5.74) is -0.710. The van der Waals surface area contributed by atoms with Crippen LogP contribution in [0.1, 0.15) is 15.9 Å². The minimum Gasteiger partial charge on any atom is -0.496 e. The molecule has 0 fully saturated rings. The minimum atomic E-state index is -4.48. The average Bonchev–Trinajstić information content (AvgIpc) is 2.70. The Bertz CT molecular complexity index is 881. The number of carbonyl (C=O) groups excluding carboxylic acids is 2. The molecule has 2 aromatic rings. The molecule has 0 aliphatic carbocycles. The van der Waals surface area contributed by atoms with Crippen LogP contribution in [-0.2, 0) is 15.7 Å². The first-order valence-corrected chi connectivity index (χ1v) is 8.13. The normalized spacial score (nSPS) is 10.8. The Morgan fingerprint density at radius 3 is 1.97 bits per heavy atom. The number of hydrogen-bond donors (Lipinski definition) is 1. The lowest BCUT2D eigenvalue weighted by Gasteiger charge is -2.13. The first-order chi connectivity index (χ1) is 13.7. The van der Waals surface area contributed by atoms with Gasteiger partial charge in [0.2, 0.25) is 0 Å². The zero-order valence-electron chi connectivity index (χ0n) is 15.8. The second kappa shape index (κ2) is 9.18. The molecule has 2 rings (SSSR count). The molecule has 1 amide bonds. The van der Waals surface area contributed by atoms with E-state index in [0.717, 1.165) is 24.3 Å². The SMILES string of the molecule is COc1cc(OC)c(C(=O)OCC(=O)Nc2ccc(C(F)(F)F)cc2)cc1OC. The largest absolute Gasteiger partial charge is 0.496 e.